The lowest BCUT2D eigenvalue weighted by molar-refractivity contribution is -0.151. The number of carbonyl (C=O) groups excluding carboxylic acids is 7. The summed E-state index contributed by atoms with van der Waals surface area (Å²) in [5.74, 6) is -0.567. The van der Waals surface area contributed by atoms with E-state index >= 15 is 0 Å². The van der Waals surface area contributed by atoms with Crippen molar-refractivity contribution in [3.05, 3.63) is 65.0 Å². The number of hydrogen-bond acceptors (Lipinski definition) is 10. The molecule has 17 heteroatoms. The van der Waals surface area contributed by atoms with Gasteiger partial charge in [-0.1, -0.05) is 56.5 Å². The number of hydrogen-bond donors (Lipinski definition) is 4. The van der Waals surface area contributed by atoms with Crippen LogP contribution < -0.4 is 21.7 Å². The van der Waals surface area contributed by atoms with Gasteiger partial charge in [0.2, 0.25) is 41.4 Å². The van der Waals surface area contributed by atoms with Crippen LogP contribution in [0.25, 0.3) is 0 Å². The molecule has 3 heterocycles. The standard InChI is InChI=1S/C43H60N8O7S2/c1-3-34-43(58)49(2)18-9-21-59-27-32-14-8-15-33(46-32)28-60-26-30-11-7-10-29(22-30)23-38(53)45-17-16-39(54)51-20-19-50(42(57)31-12-5-4-6-13-31)25-36(51)41(56)48-35(24-37(44)52)40(55)47-34/h7-8,10-11,14-15,22,31,34-36H,3-6,9,12-13,16-21,23-28H2,1-2H3,(H2,44,52)(H,45,53)(H,47,55)(H,48,56)/t34-,35-,36-/m0/s1. The van der Waals surface area contributed by atoms with Crippen LogP contribution in [0.15, 0.2) is 42.5 Å². The summed E-state index contributed by atoms with van der Waals surface area (Å²) in [6.07, 6.45) is 4.93. The summed E-state index contributed by atoms with van der Waals surface area (Å²) in [4.78, 5) is 103. The molecule has 0 spiro atoms. The maximum atomic E-state index is 14.1. The SMILES string of the molecule is CC[C@@H]1NC(=O)[C@H](CC(N)=O)NC(=O)[C@@H]2CN(C(=O)C3CCCCC3)CCN2C(=O)CCNC(=O)Cc2cccc(c2)CSCc2cccc(n2)CSCCCN(C)C1=O. The highest BCUT2D eigenvalue weighted by Gasteiger charge is 2.40. The zero-order valence-electron chi connectivity index (χ0n) is 34.8. The zero-order valence-corrected chi connectivity index (χ0v) is 36.5. The Balaban J connectivity index is 1.34. The number of nitrogens with zero attached hydrogens (tertiary/aromatic N) is 4. The molecule has 1 aromatic carbocycles. The summed E-state index contributed by atoms with van der Waals surface area (Å²) >= 11 is 3.47. The fraction of sp³-hybridized carbons (Fsp3) is 0.581. The number of likely N-dealkylation sites (N-methyl/N-ethyl adjacent to an activating group) is 1. The Morgan fingerprint density at radius 3 is 2.27 bits per heavy atom. The van der Waals surface area contributed by atoms with Gasteiger partial charge in [-0.25, -0.2) is 0 Å². The van der Waals surface area contributed by atoms with E-state index in [4.69, 9.17) is 10.7 Å². The maximum absolute atomic E-state index is 14.1. The van der Waals surface area contributed by atoms with E-state index in [1.807, 2.05) is 42.5 Å². The van der Waals surface area contributed by atoms with E-state index in [0.717, 1.165) is 77.6 Å². The number of pyridine rings is 1. The van der Waals surface area contributed by atoms with E-state index in [-0.39, 0.29) is 69.1 Å². The third kappa shape index (κ3) is 14.0. The first-order valence-corrected chi connectivity index (χ1v) is 23.4. The molecule has 2 aliphatic heterocycles. The van der Waals surface area contributed by atoms with Crippen molar-refractivity contribution in [3.63, 3.8) is 0 Å². The molecular weight excluding hydrogens is 805 g/mol. The van der Waals surface area contributed by atoms with Crippen molar-refractivity contribution < 1.29 is 33.6 Å². The Labute approximate surface area is 361 Å². The number of benzene rings is 1. The molecule has 0 radical (unpaired) electrons. The van der Waals surface area contributed by atoms with Crippen LogP contribution in [0.3, 0.4) is 0 Å². The van der Waals surface area contributed by atoms with E-state index in [2.05, 4.69) is 16.0 Å². The van der Waals surface area contributed by atoms with Gasteiger partial charge in [-0.15, -0.1) is 0 Å². The van der Waals surface area contributed by atoms with Gasteiger partial charge in [-0.2, -0.15) is 23.5 Å². The lowest BCUT2D eigenvalue weighted by Crippen LogP contribution is -2.64. The van der Waals surface area contributed by atoms with Gasteiger partial charge in [0, 0.05) is 62.8 Å². The Bertz CT molecular complexity index is 1840. The highest BCUT2D eigenvalue weighted by molar-refractivity contribution is 7.98. The predicted molar refractivity (Wildman–Crippen MR) is 232 cm³/mol. The van der Waals surface area contributed by atoms with Crippen molar-refractivity contribution in [2.45, 2.75) is 107 Å². The van der Waals surface area contributed by atoms with Gasteiger partial charge in [0.05, 0.1) is 30.8 Å². The summed E-state index contributed by atoms with van der Waals surface area (Å²) in [5.41, 5.74) is 9.44. The zero-order chi connectivity index (χ0) is 43.0. The second-order valence-electron chi connectivity index (χ2n) is 15.8. The number of thioether (sulfide) groups is 2. The number of nitrogens with one attached hydrogen (secondary N) is 3. The molecule has 326 valence electrons. The molecule has 1 saturated heterocycles. The van der Waals surface area contributed by atoms with E-state index in [1.165, 1.54) is 4.90 Å². The quantitative estimate of drug-likeness (QED) is 0.354. The van der Waals surface area contributed by atoms with Crippen LogP contribution in [0.4, 0.5) is 0 Å². The van der Waals surface area contributed by atoms with Crippen molar-refractivity contribution in [3.8, 4) is 0 Å². The molecule has 4 bridgehead atoms. The lowest BCUT2D eigenvalue weighted by Gasteiger charge is -2.42. The van der Waals surface area contributed by atoms with Crippen LogP contribution in [0.2, 0.25) is 0 Å². The predicted octanol–water partition coefficient (Wildman–Crippen LogP) is 2.53. The molecule has 2 aromatic rings. The Kier molecular flexibility index (Phi) is 18.1. The van der Waals surface area contributed by atoms with Gasteiger partial charge in [0.1, 0.15) is 18.1 Å². The maximum Gasteiger partial charge on any atom is 0.245 e. The average molecular weight is 865 g/mol. The summed E-state index contributed by atoms with van der Waals surface area (Å²) < 4.78 is 0. The van der Waals surface area contributed by atoms with E-state index < -0.39 is 48.2 Å². The van der Waals surface area contributed by atoms with Gasteiger partial charge < -0.3 is 36.4 Å². The van der Waals surface area contributed by atoms with E-state index in [1.54, 1.807) is 47.3 Å². The molecular formula is C43H60N8O7S2. The molecule has 1 aromatic heterocycles. The van der Waals surface area contributed by atoms with Crippen molar-refractivity contribution in [2.24, 2.45) is 11.7 Å². The number of piperazine rings is 1. The molecule has 3 aliphatic rings. The van der Waals surface area contributed by atoms with Crippen molar-refractivity contribution in [1.29, 1.82) is 0 Å². The van der Waals surface area contributed by atoms with E-state index in [9.17, 15) is 33.6 Å². The monoisotopic (exact) mass is 864 g/mol. The number of nitrogens with two attached hydrogens (primary N) is 1. The van der Waals surface area contributed by atoms with Crippen LogP contribution in [0.1, 0.15) is 87.2 Å². The van der Waals surface area contributed by atoms with Gasteiger partial charge >= 0.3 is 0 Å². The number of primary amides is 1. The minimum atomic E-state index is -1.44. The Morgan fingerprint density at radius 1 is 0.833 bits per heavy atom. The van der Waals surface area contributed by atoms with Gasteiger partial charge in [0.15, 0.2) is 0 Å². The number of rotatable bonds is 4. The molecule has 60 heavy (non-hydrogen) atoms. The molecule has 7 amide bonds. The van der Waals surface area contributed by atoms with Crippen LogP contribution in [0.5, 0.6) is 0 Å². The topological polar surface area (TPSA) is 204 Å². The molecule has 5 rings (SSSR count). The fourth-order valence-corrected chi connectivity index (χ4v) is 9.59. The average Bonchev–Trinajstić information content (AvgIpc) is 3.24. The molecule has 2 fully saturated rings. The Morgan fingerprint density at radius 2 is 1.53 bits per heavy atom. The molecule has 0 unspecified atom stereocenters. The fourth-order valence-electron chi connectivity index (χ4n) is 7.85. The summed E-state index contributed by atoms with van der Waals surface area (Å²) in [6, 6.07) is 10.3. The highest BCUT2D eigenvalue weighted by Crippen LogP contribution is 2.27. The molecule has 15 nitrogen and oxygen atoms in total. The minimum absolute atomic E-state index is 0.0287. The van der Waals surface area contributed by atoms with Crippen LogP contribution in [0, 0.1) is 5.92 Å². The number of aromatic nitrogens is 1. The molecule has 1 aliphatic carbocycles. The van der Waals surface area contributed by atoms with Crippen molar-refractivity contribution in [1.82, 2.24) is 35.6 Å². The minimum Gasteiger partial charge on any atom is -0.370 e. The second kappa shape index (κ2) is 23.4. The first-order chi connectivity index (χ1) is 28.9. The van der Waals surface area contributed by atoms with Gasteiger partial charge in [-0.3, -0.25) is 38.5 Å². The van der Waals surface area contributed by atoms with Crippen molar-refractivity contribution >= 4 is 64.9 Å². The number of amides is 7. The summed E-state index contributed by atoms with van der Waals surface area (Å²) in [5, 5.41) is 8.17. The van der Waals surface area contributed by atoms with Crippen LogP contribution >= 0.6 is 23.5 Å². The molecule has 1 saturated carbocycles. The largest absolute Gasteiger partial charge is 0.370 e. The first kappa shape index (κ1) is 46.4. The van der Waals surface area contributed by atoms with Gasteiger partial charge in [0.25, 0.3) is 0 Å². The van der Waals surface area contributed by atoms with Crippen LogP contribution in [-0.2, 0) is 57.2 Å². The first-order valence-electron chi connectivity index (χ1n) is 21.1. The van der Waals surface area contributed by atoms with Crippen molar-refractivity contribution in [2.75, 3.05) is 45.5 Å². The summed E-state index contributed by atoms with van der Waals surface area (Å²) in [6.45, 7) is 2.44. The summed E-state index contributed by atoms with van der Waals surface area (Å²) in [7, 11) is 1.67. The van der Waals surface area contributed by atoms with Gasteiger partial charge in [-0.05, 0) is 54.7 Å². The lowest BCUT2D eigenvalue weighted by atomic mass is 9.88. The molecule has 5 N–H and O–H groups in total. The van der Waals surface area contributed by atoms with E-state index in [0.29, 0.717) is 13.0 Å². The molecule has 3 atom stereocenters. The number of fused-ring (bicyclic) bond motifs is 5. The third-order valence-electron chi connectivity index (χ3n) is 11.1. The van der Waals surface area contributed by atoms with Crippen LogP contribution in [-0.4, -0.2) is 125 Å². The Hall–Kier alpha value is -4.64. The smallest absolute Gasteiger partial charge is 0.245 e. The number of carbonyl (C=O) groups is 7. The second-order valence-corrected chi connectivity index (χ2v) is 17.9. The highest BCUT2D eigenvalue weighted by atomic mass is 32.2. The third-order valence-corrected chi connectivity index (χ3v) is 13.3. The normalized spacial score (nSPS) is 23.1.